The first-order valence-corrected chi connectivity index (χ1v) is 7.05. The number of hydrogen-bond donors (Lipinski definition) is 0. The number of hydrogen-bond acceptors (Lipinski definition) is 3. The van der Waals surface area contributed by atoms with Crippen LogP contribution in [0.15, 0.2) is 11.1 Å². The molecule has 0 aromatic carbocycles. The van der Waals surface area contributed by atoms with Gasteiger partial charge >= 0.3 is 0 Å². The predicted molar refractivity (Wildman–Crippen MR) is 70.3 cm³/mol. The molecule has 0 radical (unpaired) electrons. The summed E-state index contributed by atoms with van der Waals surface area (Å²) < 4.78 is 5.80. The molecule has 2 heterocycles. The van der Waals surface area contributed by atoms with Gasteiger partial charge in [0.05, 0.1) is 5.54 Å². The van der Waals surface area contributed by atoms with Crippen LogP contribution < -0.4 is 0 Å². The second-order valence-electron chi connectivity index (χ2n) is 5.55. The molecule has 4 rings (SSSR count). The van der Waals surface area contributed by atoms with Crippen LogP contribution in [0.2, 0.25) is 5.15 Å². The molecule has 0 N–H and O–H groups in total. The molecule has 2 aliphatic carbocycles. The van der Waals surface area contributed by atoms with Crippen LogP contribution in [0.5, 0.6) is 0 Å². The fraction of sp³-hybridized carbons (Fsp3) is 0.571. The summed E-state index contributed by atoms with van der Waals surface area (Å²) in [5, 5.41) is 0.564. The lowest BCUT2D eigenvalue weighted by molar-refractivity contribution is 0.310. The molecule has 0 unspecified atom stereocenters. The molecule has 0 bridgehead atoms. The summed E-state index contributed by atoms with van der Waals surface area (Å²) >= 11 is 6.13. The number of nitrogens with zero attached hydrogens (tertiary/aromatic N) is 2. The molecule has 1 saturated carbocycles. The molecule has 3 nitrogen and oxygen atoms in total. The maximum Gasteiger partial charge on any atom is 0.217 e. The van der Waals surface area contributed by atoms with Crippen LogP contribution in [0.25, 0.3) is 0 Å². The molecular weight excluding hydrogens is 248 g/mol. The summed E-state index contributed by atoms with van der Waals surface area (Å²) in [6, 6.07) is 1.92. The van der Waals surface area contributed by atoms with Crippen molar-refractivity contribution in [3.8, 4) is 0 Å². The van der Waals surface area contributed by atoms with E-state index in [-0.39, 0.29) is 5.54 Å². The summed E-state index contributed by atoms with van der Waals surface area (Å²) in [6.45, 7) is 0.747. The Hall–Kier alpha value is -1.09. The van der Waals surface area contributed by atoms with Crippen LogP contribution in [0.1, 0.15) is 42.5 Å². The second kappa shape index (κ2) is 3.70. The maximum atomic E-state index is 6.13. The number of aryl methyl sites for hydroxylation is 1. The van der Waals surface area contributed by atoms with E-state index >= 15 is 0 Å². The van der Waals surface area contributed by atoms with Crippen LogP contribution in [0.3, 0.4) is 0 Å². The van der Waals surface area contributed by atoms with E-state index in [2.05, 4.69) is 4.98 Å². The predicted octanol–water partition coefficient (Wildman–Crippen LogP) is 2.92. The van der Waals surface area contributed by atoms with Crippen molar-refractivity contribution in [2.45, 2.75) is 44.1 Å². The van der Waals surface area contributed by atoms with Gasteiger partial charge in [0.15, 0.2) is 0 Å². The van der Waals surface area contributed by atoms with E-state index in [4.69, 9.17) is 21.3 Å². The largest absolute Gasteiger partial charge is 0.475 e. The Labute approximate surface area is 111 Å². The number of aliphatic imine (C=N–C) groups is 1. The minimum atomic E-state index is 0.118. The minimum absolute atomic E-state index is 0.118. The topological polar surface area (TPSA) is 34.5 Å². The number of halogens is 1. The third kappa shape index (κ3) is 1.64. The molecule has 18 heavy (non-hydrogen) atoms. The fourth-order valence-electron chi connectivity index (χ4n) is 2.88. The Bertz CT molecular complexity index is 549. The first-order chi connectivity index (χ1) is 8.76. The van der Waals surface area contributed by atoms with E-state index in [0.717, 1.165) is 49.4 Å². The van der Waals surface area contributed by atoms with Gasteiger partial charge in [-0.2, -0.15) is 0 Å². The lowest BCUT2D eigenvalue weighted by Gasteiger charge is -2.18. The van der Waals surface area contributed by atoms with Crippen LogP contribution in [0, 0.1) is 0 Å². The fourth-order valence-corrected chi connectivity index (χ4v) is 3.09. The van der Waals surface area contributed by atoms with Crippen LogP contribution in [-0.2, 0) is 17.6 Å². The second-order valence-corrected chi connectivity index (χ2v) is 5.94. The van der Waals surface area contributed by atoms with Gasteiger partial charge in [-0.25, -0.2) is 9.98 Å². The van der Waals surface area contributed by atoms with Gasteiger partial charge in [-0.05, 0) is 50.2 Å². The molecule has 1 aliphatic heterocycles. The Morgan fingerprint density at radius 2 is 2.06 bits per heavy atom. The van der Waals surface area contributed by atoms with Gasteiger partial charge in [0, 0.05) is 11.3 Å². The number of rotatable bonds is 1. The summed E-state index contributed by atoms with van der Waals surface area (Å²) in [5.41, 5.74) is 3.66. The first-order valence-electron chi connectivity index (χ1n) is 6.67. The van der Waals surface area contributed by atoms with E-state index in [1.165, 1.54) is 18.4 Å². The number of pyridine rings is 1. The molecule has 0 saturated heterocycles. The third-order valence-corrected chi connectivity index (χ3v) is 4.34. The van der Waals surface area contributed by atoms with Crippen molar-refractivity contribution in [2.75, 3.05) is 6.61 Å². The molecule has 4 heteroatoms. The molecule has 1 fully saturated rings. The number of aromatic nitrogens is 1. The smallest absolute Gasteiger partial charge is 0.217 e. The van der Waals surface area contributed by atoms with Gasteiger partial charge in [-0.15, -0.1) is 0 Å². The Balaban J connectivity index is 1.82. The normalized spacial score (nSPS) is 23.5. The summed E-state index contributed by atoms with van der Waals surface area (Å²) in [7, 11) is 0. The highest BCUT2D eigenvalue weighted by molar-refractivity contribution is 6.29. The minimum Gasteiger partial charge on any atom is -0.475 e. The lowest BCUT2D eigenvalue weighted by Crippen LogP contribution is -2.13. The zero-order valence-electron chi connectivity index (χ0n) is 10.2. The lowest BCUT2D eigenvalue weighted by atomic mass is 9.92. The van der Waals surface area contributed by atoms with Crippen molar-refractivity contribution in [1.29, 1.82) is 0 Å². The SMILES string of the molecule is Clc1cc(C2=NC3(CC3)CO2)c2c(n1)CCCC2. The monoisotopic (exact) mass is 262 g/mol. The number of fused-ring (bicyclic) bond motifs is 1. The summed E-state index contributed by atoms with van der Waals surface area (Å²) in [5.74, 6) is 0.801. The van der Waals surface area contributed by atoms with Crippen molar-refractivity contribution in [1.82, 2.24) is 4.98 Å². The summed E-state index contributed by atoms with van der Waals surface area (Å²) in [4.78, 5) is 9.21. The Morgan fingerprint density at radius 3 is 2.83 bits per heavy atom. The Morgan fingerprint density at radius 1 is 1.22 bits per heavy atom. The van der Waals surface area contributed by atoms with Gasteiger partial charge < -0.3 is 4.74 Å². The van der Waals surface area contributed by atoms with Crippen molar-refractivity contribution in [2.24, 2.45) is 4.99 Å². The Kier molecular flexibility index (Phi) is 2.22. The highest BCUT2D eigenvalue weighted by Crippen LogP contribution is 2.44. The number of ether oxygens (including phenoxy) is 1. The highest BCUT2D eigenvalue weighted by atomic mass is 35.5. The average molecular weight is 263 g/mol. The molecule has 0 amide bonds. The van der Waals surface area contributed by atoms with Crippen molar-refractivity contribution in [3.63, 3.8) is 0 Å². The molecule has 1 aromatic heterocycles. The van der Waals surface area contributed by atoms with Crippen molar-refractivity contribution >= 4 is 17.5 Å². The van der Waals surface area contributed by atoms with Crippen LogP contribution in [-0.4, -0.2) is 23.0 Å². The van der Waals surface area contributed by atoms with Crippen molar-refractivity contribution < 1.29 is 4.74 Å². The maximum absolute atomic E-state index is 6.13. The van der Waals surface area contributed by atoms with Gasteiger partial charge in [0.2, 0.25) is 5.90 Å². The van der Waals surface area contributed by atoms with E-state index in [1.54, 1.807) is 0 Å². The van der Waals surface area contributed by atoms with E-state index in [9.17, 15) is 0 Å². The van der Waals surface area contributed by atoms with Gasteiger partial charge in [0.25, 0.3) is 0 Å². The molecule has 1 aromatic rings. The van der Waals surface area contributed by atoms with E-state index in [0.29, 0.717) is 5.15 Å². The molecule has 94 valence electrons. The molecule has 3 aliphatic rings. The first kappa shape index (κ1) is 10.8. The molecule has 0 atom stereocenters. The quantitative estimate of drug-likeness (QED) is 0.730. The zero-order valence-corrected chi connectivity index (χ0v) is 11.0. The summed E-state index contributed by atoms with van der Waals surface area (Å²) in [6.07, 6.45) is 6.86. The third-order valence-electron chi connectivity index (χ3n) is 4.14. The van der Waals surface area contributed by atoms with Crippen molar-refractivity contribution in [3.05, 3.63) is 28.0 Å². The average Bonchev–Trinajstić information content (AvgIpc) is 2.99. The highest BCUT2D eigenvalue weighted by Gasteiger charge is 2.48. The standard InChI is InChI=1S/C14H15ClN2O/c15-12-7-10(9-3-1-2-4-11(9)16-12)13-17-14(5-6-14)8-18-13/h7H,1-6,8H2. The van der Waals surface area contributed by atoms with Crippen LogP contribution in [0.4, 0.5) is 0 Å². The molecular formula is C14H15ClN2O. The van der Waals surface area contributed by atoms with Gasteiger partial charge in [-0.1, -0.05) is 11.6 Å². The van der Waals surface area contributed by atoms with E-state index in [1.807, 2.05) is 6.07 Å². The van der Waals surface area contributed by atoms with Gasteiger partial charge in [-0.3, -0.25) is 0 Å². The van der Waals surface area contributed by atoms with Gasteiger partial charge in [0.1, 0.15) is 11.8 Å². The van der Waals surface area contributed by atoms with E-state index < -0.39 is 0 Å². The molecule has 1 spiro atoms. The van der Waals surface area contributed by atoms with Crippen LogP contribution >= 0.6 is 11.6 Å². The zero-order chi connectivity index (χ0) is 12.2.